The number of carbonyl (C=O) groups is 3. The summed E-state index contributed by atoms with van der Waals surface area (Å²) < 4.78 is 16.0. The molecule has 1 aliphatic rings. The Hall–Kier alpha value is -3.75. The number of methoxy groups -OCH3 is 2. The fraction of sp³-hybridized carbons (Fsp3) is 0.148. The van der Waals surface area contributed by atoms with E-state index in [0.717, 1.165) is 22.9 Å². The molecule has 36 heavy (non-hydrogen) atoms. The Kier molecular flexibility index (Phi) is 7.67. The molecular formula is C27H22ClNO6S. The second-order valence-corrected chi connectivity index (χ2v) is 9.31. The Balaban J connectivity index is 1.55. The van der Waals surface area contributed by atoms with Gasteiger partial charge in [-0.2, -0.15) is 0 Å². The largest absolute Gasteiger partial charge is 0.497 e. The van der Waals surface area contributed by atoms with Crippen molar-refractivity contribution < 1.29 is 28.6 Å². The van der Waals surface area contributed by atoms with Crippen molar-refractivity contribution in [2.75, 3.05) is 14.2 Å². The molecule has 2 amide bonds. The molecule has 0 spiro atoms. The Bertz CT molecular complexity index is 1370. The van der Waals surface area contributed by atoms with Crippen molar-refractivity contribution in [2.45, 2.75) is 13.5 Å². The molecule has 3 aromatic rings. The normalized spacial score (nSPS) is 14.3. The summed E-state index contributed by atoms with van der Waals surface area (Å²) in [5, 5.41) is -0.239. The summed E-state index contributed by atoms with van der Waals surface area (Å²) in [6, 6.07) is 17.2. The van der Waals surface area contributed by atoms with Gasteiger partial charge < -0.3 is 14.2 Å². The van der Waals surface area contributed by atoms with E-state index in [9.17, 15) is 14.4 Å². The van der Waals surface area contributed by atoms with Crippen molar-refractivity contribution in [2.24, 2.45) is 0 Å². The number of rotatable bonds is 7. The molecule has 3 aromatic carbocycles. The maximum absolute atomic E-state index is 12.9. The van der Waals surface area contributed by atoms with Gasteiger partial charge in [-0.1, -0.05) is 41.4 Å². The SMILES string of the molecule is COc1ccc(C(=O)Oc2c(Cl)cc(/C=C3\SC(=O)N(Cc4cccc(C)c4)C3=O)cc2OC)cc1. The van der Waals surface area contributed by atoms with E-state index in [4.69, 9.17) is 25.8 Å². The summed E-state index contributed by atoms with van der Waals surface area (Å²) in [7, 11) is 2.94. The topological polar surface area (TPSA) is 82.1 Å². The van der Waals surface area contributed by atoms with Crippen LogP contribution in [0.2, 0.25) is 5.02 Å². The zero-order chi connectivity index (χ0) is 25.8. The molecule has 1 aliphatic heterocycles. The van der Waals surface area contributed by atoms with Crippen molar-refractivity contribution in [3.8, 4) is 17.2 Å². The highest BCUT2D eigenvalue weighted by Crippen LogP contribution is 2.39. The first-order chi connectivity index (χ1) is 17.3. The van der Waals surface area contributed by atoms with Crippen LogP contribution >= 0.6 is 23.4 Å². The minimum absolute atomic E-state index is 0.0460. The van der Waals surface area contributed by atoms with Crippen LogP contribution in [0.25, 0.3) is 6.08 Å². The maximum Gasteiger partial charge on any atom is 0.343 e. The van der Waals surface area contributed by atoms with Gasteiger partial charge in [0.25, 0.3) is 11.1 Å². The standard InChI is InChI=1S/C27H22ClNO6S/c1-16-5-4-6-17(11-16)15-29-25(30)23(36-27(29)32)14-18-12-21(28)24(22(13-18)34-3)35-26(31)19-7-9-20(33-2)10-8-19/h4-14H,15H2,1-3H3/b23-14-. The minimum atomic E-state index is -0.622. The van der Waals surface area contributed by atoms with Gasteiger partial charge in [0.15, 0.2) is 11.5 Å². The molecule has 0 bridgehead atoms. The number of hydrogen-bond donors (Lipinski definition) is 0. The number of halogens is 1. The van der Waals surface area contributed by atoms with Crippen LogP contribution in [0, 0.1) is 6.92 Å². The van der Waals surface area contributed by atoms with E-state index in [1.165, 1.54) is 25.2 Å². The van der Waals surface area contributed by atoms with Crippen LogP contribution in [-0.4, -0.2) is 36.2 Å². The number of hydrogen-bond acceptors (Lipinski definition) is 7. The number of ether oxygens (including phenoxy) is 3. The summed E-state index contributed by atoms with van der Waals surface area (Å²) in [5.41, 5.74) is 2.73. The van der Waals surface area contributed by atoms with Gasteiger partial charge in [0.2, 0.25) is 0 Å². The minimum Gasteiger partial charge on any atom is -0.497 e. The van der Waals surface area contributed by atoms with Gasteiger partial charge in [-0.25, -0.2) is 4.79 Å². The van der Waals surface area contributed by atoms with Gasteiger partial charge in [0, 0.05) is 0 Å². The number of amides is 2. The lowest BCUT2D eigenvalue weighted by Crippen LogP contribution is -2.27. The number of imide groups is 1. The van der Waals surface area contributed by atoms with E-state index >= 15 is 0 Å². The zero-order valence-electron chi connectivity index (χ0n) is 19.7. The molecule has 0 N–H and O–H groups in total. The Labute approximate surface area is 217 Å². The third-order valence-corrected chi connectivity index (χ3v) is 6.55. The quantitative estimate of drug-likeness (QED) is 0.209. The van der Waals surface area contributed by atoms with Gasteiger partial charge >= 0.3 is 5.97 Å². The fourth-order valence-corrected chi connectivity index (χ4v) is 4.68. The molecule has 1 fully saturated rings. The van der Waals surface area contributed by atoms with Crippen molar-refractivity contribution in [1.29, 1.82) is 0 Å². The van der Waals surface area contributed by atoms with Gasteiger partial charge in [-0.3, -0.25) is 14.5 Å². The first kappa shape index (κ1) is 25.3. The number of nitrogens with zero attached hydrogens (tertiary/aromatic N) is 1. The Morgan fingerprint density at radius 2 is 1.78 bits per heavy atom. The predicted molar refractivity (Wildman–Crippen MR) is 139 cm³/mol. The van der Waals surface area contributed by atoms with Gasteiger partial charge in [-0.05, 0) is 72.3 Å². The lowest BCUT2D eigenvalue weighted by molar-refractivity contribution is -0.123. The number of thioether (sulfide) groups is 1. The first-order valence-electron chi connectivity index (χ1n) is 10.8. The number of esters is 1. The molecule has 1 heterocycles. The second kappa shape index (κ2) is 10.9. The number of aryl methyl sites for hydroxylation is 1. The molecule has 4 rings (SSSR count). The molecular weight excluding hydrogens is 502 g/mol. The summed E-state index contributed by atoms with van der Waals surface area (Å²) in [6.45, 7) is 2.14. The van der Waals surface area contributed by atoms with Crippen LogP contribution in [0.1, 0.15) is 27.0 Å². The van der Waals surface area contributed by atoms with Crippen molar-refractivity contribution in [1.82, 2.24) is 4.90 Å². The van der Waals surface area contributed by atoms with Crippen LogP contribution in [0.5, 0.6) is 17.2 Å². The third-order valence-electron chi connectivity index (χ3n) is 5.37. The first-order valence-corrected chi connectivity index (χ1v) is 12.0. The maximum atomic E-state index is 12.9. The van der Waals surface area contributed by atoms with Crippen molar-refractivity contribution >= 4 is 46.6 Å². The smallest absolute Gasteiger partial charge is 0.343 e. The summed E-state index contributed by atoms with van der Waals surface area (Å²) in [6.07, 6.45) is 1.56. The summed E-state index contributed by atoms with van der Waals surface area (Å²) in [5.74, 6) is -0.159. The van der Waals surface area contributed by atoms with E-state index in [-0.39, 0.29) is 33.2 Å². The summed E-state index contributed by atoms with van der Waals surface area (Å²) in [4.78, 5) is 39.5. The third kappa shape index (κ3) is 5.56. The average molecular weight is 524 g/mol. The van der Waals surface area contributed by atoms with Crippen LogP contribution in [-0.2, 0) is 11.3 Å². The molecule has 0 atom stereocenters. The lowest BCUT2D eigenvalue weighted by atomic mass is 10.1. The van der Waals surface area contributed by atoms with Gasteiger partial charge in [-0.15, -0.1) is 0 Å². The zero-order valence-corrected chi connectivity index (χ0v) is 21.3. The van der Waals surface area contributed by atoms with E-state index in [1.54, 1.807) is 36.4 Å². The molecule has 0 saturated carbocycles. The Morgan fingerprint density at radius 3 is 2.44 bits per heavy atom. The molecule has 0 radical (unpaired) electrons. The second-order valence-electron chi connectivity index (χ2n) is 7.91. The monoisotopic (exact) mass is 523 g/mol. The van der Waals surface area contributed by atoms with Gasteiger partial charge in [0.05, 0.1) is 36.3 Å². The van der Waals surface area contributed by atoms with E-state index in [2.05, 4.69) is 0 Å². The molecule has 0 aromatic heterocycles. The van der Waals surface area contributed by atoms with Crippen LogP contribution in [0.4, 0.5) is 4.79 Å². The predicted octanol–water partition coefficient (Wildman–Crippen LogP) is 6.12. The van der Waals surface area contributed by atoms with Crippen molar-refractivity contribution in [3.05, 3.63) is 92.8 Å². The fourth-order valence-electron chi connectivity index (χ4n) is 3.58. The average Bonchev–Trinajstić information content (AvgIpc) is 3.12. The lowest BCUT2D eigenvalue weighted by Gasteiger charge is -2.13. The van der Waals surface area contributed by atoms with Crippen LogP contribution < -0.4 is 14.2 Å². The van der Waals surface area contributed by atoms with Crippen LogP contribution in [0.15, 0.2) is 65.6 Å². The van der Waals surface area contributed by atoms with Gasteiger partial charge in [0.1, 0.15) is 5.75 Å². The van der Waals surface area contributed by atoms with E-state index < -0.39 is 11.9 Å². The highest BCUT2D eigenvalue weighted by atomic mass is 35.5. The van der Waals surface area contributed by atoms with E-state index in [1.807, 2.05) is 31.2 Å². The highest BCUT2D eigenvalue weighted by Gasteiger charge is 2.35. The molecule has 7 nitrogen and oxygen atoms in total. The number of carbonyl (C=O) groups excluding carboxylic acids is 3. The molecule has 0 aliphatic carbocycles. The molecule has 0 unspecified atom stereocenters. The van der Waals surface area contributed by atoms with Crippen molar-refractivity contribution in [3.63, 3.8) is 0 Å². The highest BCUT2D eigenvalue weighted by molar-refractivity contribution is 8.18. The molecule has 184 valence electrons. The molecule has 9 heteroatoms. The summed E-state index contributed by atoms with van der Waals surface area (Å²) >= 11 is 7.27. The Morgan fingerprint density at radius 1 is 1.03 bits per heavy atom. The van der Waals surface area contributed by atoms with Crippen LogP contribution in [0.3, 0.4) is 0 Å². The molecule has 1 saturated heterocycles. The van der Waals surface area contributed by atoms with E-state index in [0.29, 0.717) is 16.9 Å². The number of benzene rings is 3.